The first kappa shape index (κ1) is 15.8. The fourth-order valence-corrected chi connectivity index (χ4v) is 1.91. The molecule has 1 N–H and O–H groups in total. The van der Waals surface area contributed by atoms with E-state index in [0.29, 0.717) is 11.6 Å². The third-order valence-corrected chi connectivity index (χ3v) is 3.16. The van der Waals surface area contributed by atoms with Gasteiger partial charge in [-0.2, -0.15) is 0 Å². The molecule has 0 bridgehead atoms. The van der Waals surface area contributed by atoms with Gasteiger partial charge in [-0.15, -0.1) is 0 Å². The first-order valence-corrected chi connectivity index (χ1v) is 6.80. The topological polar surface area (TPSA) is 46.2 Å². The van der Waals surface area contributed by atoms with Gasteiger partial charge in [0.05, 0.1) is 5.69 Å². The van der Waals surface area contributed by atoms with Crippen LogP contribution in [0.3, 0.4) is 0 Å². The molecule has 0 spiro atoms. The Balaban J connectivity index is 1.89. The number of halogens is 2. The number of Topliss-reactive ketones (excluding diaryl/α,β-unsaturated/α-hetero) is 1. The average Bonchev–Trinajstić information content (AvgIpc) is 2.48. The molecule has 0 unspecified atom stereocenters. The van der Waals surface area contributed by atoms with Gasteiger partial charge in [-0.05, 0) is 19.1 Å². The van der Waals surface area contributed by atoms with Gasteiger partial charge in [0.2, 0.25) is 5.91 Å². The number of hydrogen-bond acceptors (Lipinski definition) is 2. The van der Waals surface area contributed by atoms with Crippen LogP contribution in [-0.2, 0) is 4.79 Å². The lowest BCUT2D eigenvalue weighted by Crippen LogP contribution is -2.14. The molecule has 5 heteroatoms. The Hall–Kier alpha value is -2.56. The zero-order chi connectivity index (χ0) is 16.1. The van der Waals surface area contributed by atoms with E-state index in [9.17, 15) is 18.4 Å². The zero-order valence-electron chi connectivity index (χ0n) is 12.0. The molecule has 3 nitrogen and oxygen atoms in total. The average molecular weight is 303 g/mol. The number of hydrogen-bond donors (Lipinski definition) is 1. The molecule has 2 aromatic carbocycles. The lowest BCUT2D eigenvalue weighted by atomic mass is 10.0. The number of nitrogens with one attached hydrogen (secondary N) is 1. The molecule has 0 heterocycles. The van der Waals surface area contributed by atoms with Crippen molar-refractivity contribution in [2.24, 2.45) is 0 Å². The minimum atomic E-state index is -0.849. The number of amides is 1. The van der Waals surface area contributed by atoms with Crippen LogP contribution in [0.4, 0.5) is 14.5 Å². The third kappa shape index (κ3) is 4.22. The number of carbonyl (C=O) groups excluding carboxylic acids is 2. The Morgan fingerprint density at radius 3 is 2.32 bits per heavy atom. The summed E-state index contributed by atoms with van der Waals surface area (Å²) in [6, 6.07) is 9.93. The highest BCUT2D eigenvalue weighted by molar-refractivity contribution is 6.00. The second kappa shape index (κ2) is 6.93. The predicted molar refractivity (Wildman–Crippen MR) is 79.7 cm³/mol. The smallest absolute Gasteiger partial charge is 0.224 e. The van der Waals surface area contributed by atoms with Crippen molar-refractivity contribution < 1.29 is 18.4 Å². The van der Waals surface area contributed by atoms with E-state index in [4.69, 9.17) is 0 Å². The van der Waals surface area contributed by atoms with Gasteiger partial charge in [0.1, 0.15) is 11.6 Å². The van der Waals surface area contributed by atoms with Crippen LogP contribution in [0.2, 0.25) is 0 Å². The van der Waals surface area contributed by atoms with E-state index in [2.05, 4.69) is 5.32 Å². The summed E-state index contributed by atoms with van der Waals surface area (Å²) < 4.78 is 26.1. The normalized spacial score (nSPS) is 10.3. The van der Waals surface area contributed by atoms with Crippen LogP contribution in [0.25, 0.3) is 0 Å². The van der Waals surface area contributed by atoms with Gasteiger partial charge in [0.15, 0.2) is 5.78 Å². The summed E-state index contributed by atoms with van der Waals surface area (Å²) >= 11 is 0. The van der Waals surface area contributed by atoms with Crippen LogP contribution in [0, 0.1) is 18.6 Å². The standard InChI is InChI=1S/C17H15F2NO2/c1-11-2-4-12(5-3-11)16(21)8-9-17(22)20-15-7-6-13(18)10-14(15)19/h2-7,10H,8-9H2,1H3,(H,20,22). The van der Waals surface area contributed by atoms with Gasteiger partial charge in [-0.25, -0.2) is 8.78 Å². The van der Waals surface area contributed by atoms with Crippen molar-refractivity contribution in [3.8, 4) is 0 Å². The van der Waals surface area contributed by atoms with E-state index in [-0.39, 0.29) is 24.3 Å². The van der Waals surface area contributed by atoms with Crippen LogP contribution in [0.1, 0.15) is 28.8 Å². The Labute approximate surface area is 127 Å². The molecule has 0 saturated carbocycles. The van der Waals surface area contributed by atoms with Crippen LogP contribution >= 0.6 is 0 Å². The highest BCUT2D eigenvalue weighted by Crippen LogP contribution is 2.15. The highest BCUT2D eigenvalue weighted by atomic mass is 19.1. The molecule has 1 amide bonds. The molecule has 22 heavy (non-hydrogen) atoms. The van der Waals surface area contributed by atoms with E-state index in [1.54, 1.807) is 12.1 Å². The van der Waals surface area contributed by atoms with Crippen molar-refractivity contribution in [2.45, 2.75) is 19.8 Å². The van der Waals surface area contributed by atoms with Crippen LogP contribution in [0.5, 0.6) is 0 Å². The zero-order valence-corrected chi connectivity index (χ0v) is 12.0. The van der Waals surface area contributed by atoms with E-state index >= 15 is 0 Å². The number of carbonyl (C=O) groups is 2. The van der Waals surface area contributed by atoms with Crippen molar-refractivity contribution >= 4 is 17.4 Å². The van der Waals surface area contributed by atoms with Gasteiger partial charge in [0, 0.05) is 24.5 Å². The molecular formula is C17H15F2NO2. The Bertz CT molecular complexity index is 696. The predicted octanol–water partition coefficient (Wildman–Crippen LogP) is 3.87. The molecule has 0 aliphatic heterocycles. The van der Waals surface area contributed by atoms with Crippen molar-refractivity contribution in [1.82, 2.24) is 0 Å². The van der Waals surface area contributed by atoms with Crippen LogP contribution in [0.15, 0.2) is 42.5 Å². The summed E-state index contributed by atoms with van der Waals surface area (Å²) in [6.07, 6.45) is -0.0404. The first-order valence-electron chi connectivity index (χ1n) is 6.80. The second-order valence-electron chi connectivity index (χ2n) is 4.96. The lowest BCUT2D eigenvalue weighted by Gasteiger charge is -2.06. The maximum Gasteiger partial charge on any atom is 0.224 e. The maximum absolute atomic E-state index is 13.4. The molecule has 114 valence electrons. The van der Waals surface area contributed by atoms with Crippen LogP contribution < -0.4 is 5.32 Å². The number of anilines is 1. The second-order valence-corrected chi connectivity index (χ2v) is 4.96. The van der Waals surface area contributed by atoms with Crippen molar-refractivity contribution in [3.05, 3.63) is 65.2 Å². The molecule has 0 aromatic heterocycles. The summed E-state index contributed by atoms with van der Waals surface area (Å²) in [6.45, 7) is 1.92. The molecule has 0 aliphatic carbocycles. The van der Waals surface area contributed by atoms with Crippen LogP contribution in [-0.4, -0.2) is 11.7 Å². The number of rotatable bonds is 5. The van der Waals surface area contributed by atoms with Crippen molar-refractivity contribution in [1.29, 1.82) is 0 Å². The SMILES string of the molecule is Cc1ccc(C(=O)CCC(=O)Nc2ccc(F)cc2F)cc1. The van der Waals surface area contributed by atoms with E-state index in [0.717, 1.165) is 17.7 Å². The molecular weight excluding hydrogens is 288 g/mol. The van der Waals surface area contributed by atoms with Gasteiger partial charge in [-0.1, -0.05) is 29.8 Å². The number of ketones is 1. The molecule has 0 saturated heterocycles. The Morgan fingerprint density at radius 2 is 1.68 bits per heavy atom. The largest absolute Gasteiger partial charge is 0.324 e. The monoisotopic (exact) mass is 303 g/mol. The van der Waals surface area contributed by atoms with Gasteiger partial charge in [0.25, 0.3) is 0 Å². The van der Waals surface area contributed by atoms with E-state index in [1.165, 1.54) is 0 Å². The minimum Gasteiger partial charge on any atom is -0.324 e. The van der Waals surface area contributed by atoms with E-state index < -0.39 is 17.5 Å². The van der Waals surface area contributed by atoms with Crippen molar-refractivity contribution in [2.75, 3.05) is 5.32 Å². The van der Waals surface area contributed by atoms with E-state index in [1.807, 2.05) is 19.1 Å². The molecule has 2 rings (SSSR count). The summed E-state index contributed by atoms with van der Waals surface area (Å²) in [5.74, 6) is -2.22. The molecule has 0 aliphatic rings. The summed E-state index contributed by atoms with van der Waals surface area (Å²) in [5, 5.41) is 2.32. The summed E-state index contributed by atoms with van der Waals surface area (Å²) in [7, 11) is 0. The van der Waals surface area contributed by atoms with Gasteiger partial charge >= 0.3 is 0 Å². The molecule has 0 fully saturated rings. The summed E-state index contributed by atoms with van der Waals surface area (Å²) in [4.78, 5) is 23.6. The highest BCUT2D eigenvalue weighted by Gasteiger charge is 2.11. The first-order chi connectivity index (χ1) is 10.5. The fourth-order valence-electron chi connectivity index (χ4n) is 1.91. The Kier molecular flexibility index (Phi) is 4.99. The quantitative estimate of drug-likeness (QED) is 0.852. The third-order valence-electron chi connectivity index (χ3n) is 3.16. The molecule has 0 atom stereocenters. The van der Waals surface area contributed by atoms with Crippen molar-refractivity contribution in [3.63, 3.8) is 0 Å². The van der Waals surface area contributed by atoms with Gasteiger partial charge in [-0.3, -0.25) is 9.59 Å². The Morgan fingerprint density at radius 1 is 1.00 bits per heavy atom. The molecule has 2 aromatic rings. The number of aryl methyl sites for hydroxylation is 1. The lowest BCUT2D eigenvalue weighted by molar-refractivity contribution is -0.116. The fraction of sp³-hybridized carbons (Fsp3) is 0.176. The molecule has 0 radical (unpaired) electrons. The summed E-state index contributed by atoms with van der Waals surface area (Å²) in [5.41, 5.74) is 1.47. The minimum absolute atomic E-state index is 0.0255. The number of benzene rings is 2. The van der Waals surface area contributed by atoms with Gasteiger partial charge < -0.3 is 5.32 Å². The maximum atomic E-state index is 13.4.